The van der Waals surface area contributed by atoms with Crippen LogP contribution in [0.5, 0.6) is 0 Å². The summed E-state index contributed by atoms with van der Waals surface area (Å²) in [6.45, 7) is 3.41. The number of nitrogens with zero attached hydrogens (tertiary/aromatic N) is 1. The maximum Gasteiger partial charge on any atom is 0.228 e. The predicted octanol–water partition coefficient (Wildman–Crippen LogP) is 3.63. The van der Waals surface area contributed by atoms with Crippen molar-refractivity contribution in [3.8, 4) is 0 Å². The van der Waals surface area contributed by atoms with Gasteiger partial charge in [-0.2, -0.15) is 0 Å². The number of likely N-dealkylation sites (tertiary alicyclic amines) is 1. The minimum atomic E-state index is -0.209. The Morgan fingerprint density at radius 3 is 2.59 bits per heavy atom. The molecule has 1 fully saturated rings. The first-order valence-corrected chi connectivity index (χ1v) is 9.15. The number of rotatable bonds is 5. The molecule has 2 aromatic carbocycles. The molecule has 2 N–H and O–H groups in total. The number of carbonyl (C=O) groups is 2. The van der Waals surface area contributed by atoms with Crippen LogP contribution in [-0.4, -0.2) is 29.8 Å². The molecule has 1 aliphatic heterocycles. The molecule has 27 heavy (non-hydrogen) atoms. The summed E-state index contributed by atoms with van der Waals surface area (Å²) in [7, 11) is 0. The number of carbonyl (C=O) groups excluding carboxylic acids is 2. The fourth-order valence-electron chi connectivity index (χ4n) is 3.40. The number of halogens is 1. The van der Waals surface area contributed by atoms with Crippen LogP contribution < -0.4 is 10.6 Å². The zero-order valence-electron chi connectivity index (χ0n) is 15.4. The minimum absolute atomic E-state index is 0.0480. The van der Waals surface area contributed by atoms with Gasteiger partial charge in [0.05, 0.1) is 5.92 Å². The summed E-state index contributed by atoms with van der Waals surface area (Å²) in [5.74, 6) is -0.559. The Morgan fingerprint density at radius 1 is 1.11 bits per heavy atom. The van der Waals surface area contributed by atoms with Gasteiger partial charge >= 0.3 is 0 Å². The molecule has 1 aliphatic rings. The first kappa shape index (κ1) is 19.0. The van der Waals surface area contributed by atoms with E-state index in [1.165, 1.54) is 13.0 Å². The van der Waals surface area contributed by atoms with Crippen LogP contribution in [0, 0.1) is 11.7 Å². The monoisotopic (exact) mass is 369 g/mol. The van der Waals surface area contributed by atoms with E-state index in [2.05, 4.69) is 15.5 Å². The van der Waals surface area contributed by atoms with E-state index >= 15 is 0 Å². The molecule has 0 aromatic heterocycles. The molecule has 0 bridgehead atoms. The minimum Gasteiger partial charge on any atom is -0.326 e. The maximum absolute atomic E-state index is 13.9. The van der Waals surface area contributed by atoms with E-state index in [4.69, 9.17) is 0 Å². The van der Waals surface area contributed by atoms with Crippen molar-refractivity contribution in [1.29, 1.82) is 0 Å². The standard InChI is InChI=1S/C21H24FN3O2/c1-15(26)23-18-8-4-9-19(12-18)24-21(27)17-7-5-11-25(14-17)13-16-6-2-3-10-20(16)22/h2-4,6,8-10,12,17H,5,7,11,13-14H2,1H3,(H,23,26)(H,24,27). The van der Waals surface area contributed by atoms with E-state index in [9.17, 15) is 14.0 Å². The van der Waals surface area contributed by atoms with Crippen molar-refractivity contribution < 1.29 is 14.0 Å². The van der Waals surface area contributed by atoms with E-state index in [1.54, 1.807) is 36.4 Å². The zero-order valence-corrected chi connectivity index (χ0v) is 15.4. The van der Waals surface area contributed by atoms with E-state index in [0.29, 0.717) is 30.0 Å². The van der Waals surface area contributed by atoms with Crippen LogP contribution in [0.1, 0.15) is 25.3 Å². The first-order valence-electron chi connectivity index (χ1n) is 9.15. The fraction of sp³-hybridized carbons (Fsp3) is 0.333. The molecular weight excluding hydrogens is 345 g/mol. The summed E-state index contributed by atoms with van der Waals surface area (Å²) in [4.78, 5) is 26.0. The second-order valence-corrected chi connectivity index (χ2v) is 6.92. The molecule has 0 radical (unpaired) electrons. The Bertz CT molecular complexity index is 825. The van der Waals surface area contributed by atoms with Crippen molar-refractivity contribution in [3.63, 3.8) is 0 Å². The molecule has 1 saturated heterocycles. The second-order valence-electron chi connectivity index (χ2n) is 6.92. The summed E-state index contributed by atoms with van der Waals surface area (Å²) in [6, 6.07) is 13.8. The number of benzene rings is 2. The van der Waals surface area contributed by atoms with Gasteiger partial charge in [-0.25, -0.2) is 4.39 Å². The van der Waals surface area contributed by atoms with Crippen molar-refractivity contribution in [2.75, 3.05) is 23.7 Å². The van der Waals surface area contributed by atoms with E-state index in [1.807, 2.05) is 6.07 Å². The third-order valence-corrected chi connectivity index (χ3v) is 4.68. The average molecular weight is 369 g/mol. The van der Waals surface area contributed by atoms with Gasteiger partial charge in [0.1, 0.15) is 5.82 Å². The Hall–Kier alpha value is -2.73. The molecule has 0 saturated carbocycles. The molecule has 0 aliphatic carbocycles. The lowest BCUT2D eigenvalue weighted by atomic mass is 9.96. The van der Waals surface area contributed by atoms with Crippen LogP contribution in [0.2, 0.25) is 0 Å². The highest BCUT2D eigenvalue weighted by atomic mass is 19.1. The Labute approximate surface area is 158 Å². The van der Waals surface area contributed by atoms with Crippen LogP contribution >= 0.6 is 0 Å². The van der Waals surface area contributed by atoms with Gasteiger partial charge in [-0.3, -0.25) is 14.5 Å². The molecule has 1 heterocycles. The molecule has 142 valence electrons. The van der Waals surface area contributed by atoms with Gasteiger partial charge in [0.15, 0.2) is 0 Å². The summed E-state index contributed by atoms with van der Waals surface area (Å²) in [5.41, 5.74) is 1.95. The number of anilines is 2. The lowest BCUT2D eigenvalue weighted by Gasteiger charge is -2.32. The molecule has 5 nitrogen and oxygen atoms in total. The molecule has 2 amide bonds. The van der Waals surface area contributed by atoms with Gasteiger partial charge in [-0.1, -0.05) is 24.3 Å². The van der Waals surface area contributed by atoms with Gasteiger partial charge in [-0.05, 0) is 43.7 Å². The number of amides is 2. The first-order chi connectivity index (χ1) is 13.0. The summed E-state index contributed by atoms with van der Waals surface area (Å²) < 4.78 is 13.9. The van der Waals surface area contributed by atoms with Gasteiger partial charge in [0.25, 0.3) is 0 Å². The number of hydrogen-bond acceptors (Lipinski definition) is 3. The third-order valence-electron chi connectivity index (χ3n) is 4.68. The smallest absolute Gasteiger partial charge is 0.228 e. The van der Waals surface area contributed by atoms with Crippen LogP contribution in [0.3, 0.4) is 0 Å². The van der Waals surface area contributed by atoms with E-state index in [0.717, 1.165) is 19.4 Å². The summed E-state index contributed by atoms with van der Waals surface area (Å²) >= 11 is 0. The highest BCUT2D eigenvalue weighted by Crippen LogP contribution is 2.22. The highest BCUT2D eigenvalue weighted by molar-refractivity contribution is 5.94. The fourth-order valence-corrected chi connectivity index (χ4v) is 3.40. The molecular formula is C21H24FN3O2. The van der Waals surface area contributed by atoms with Gasteiger partial charge in [0.2, 0.25) is 11.8 Å². The van der Waals surface area contributed by atoms with Crippen LogP contribution in [0.4, 0.5) is 15.8 Å². The molecule has 1 unspecified atom stereocenters. The number of piperidine rings is 1. The van der Waals surface area contributed by atoms with Gasteiger partial charge in [-0.15, -0.1) is 0 Å². The Balaban J connectivity index is 1.60. The topological polar surface area (TPSA) is 61.4 Å². The molecule has 2 aromatic rings. The number of hydrogen-bond donors (Lipinski definition) is 2. The molecule has 6 heteroatoms. The average Bonchev–Trinajstić information content (AvgIpc) is 2.64. The predicted molar refractivity (Wildman–Crippen MR) is 104 cm³/mol. The summed E-state index contributed by atoms with van der Waals surface area (Å²) in [5, 5.41) is 5.63. The molecule has 3 rings (SSSR count). The largest absolute Gasteiger partial charge is 0.326 e. The SMILES string of the molecule is CC(=O)Nc1cccc(NC(=O)C2CCCN(Cc3ccccc3F)C2)c1. The number of nitrogens with one attached hydrogen (secondary N) is 2. The lowest BCUT2D eigenvalue weighted by Crippen LogP contribution is -2.40. The summed E-state index contributed by atoms with van der Waals surface area (Å²) in [6.07, 6.45) is 1.71. The van der Waals surface area contributed by atoms with Crippen molar-refractivity contribution in [2.24, 2.45) is 5.92 Å². The van der Waals surface area contributed by atoms with Gasteiger partial charge in [0, 0.05) is 37.0 Å². The Kier molecular flexibility index (Phi) is 6.19. The lowest BCUT2D eigenvalue weighted by molar-refractivity contribution is -0.121. The van der Waals surface area contributed by atoms with Crippen LogP contribution in [0.25, 0.3) is 0 Å². The van der Waals surface area contributed by atoms with Crippen LogP contribution in [-0.2, 0) is 16.1 Å². The Morgan fingerprint density at radius 2 is 1.85 bits per heavy atom. The van der Waals surface area contributed by atoms with Crippen molar-refractivity contribution >= 4 is 23.2 Å². The molecule has 0 spiro atoms. The van der Waals surface area contributed by atoms with Crippen molar-refractivity contribution in [3.05, 3.63) is 59.9 Å². The van der Waals surface area contributed by atoms with Crippen LogP contribution in [0.15, 0.2) is 48.5 Å². The van der Waals surface area contributed by atoms with E-state index in [-0.39, 0.29) is 23.5 Å². The van der Waals surface area contributed by atoms with Gasteiger partial charge < -0.3 is 10.6 Å². The maximum atomic E-state index is 13.9. The van der Waals surface area contributed by atoms with Crippen molar-refractivity contribution in [2.45, 2.75) is 26.3 Å². The zero-order chi connectivity index (χ0) is 19.2. The quantitative estimate of drug-likeness (QED) is 0.846. The highest BCUT2D eigenvalue weighted by Gasteiger charge is 2.26. The third kappa shape index (κ3) is 5.37. The van der Waals surface area contributed by atoms with E-state index < -0.39 is 0 Å². The second kappa shape index (κ2) is 8.77. The van der Waals surface area contributed by atoms with Crippen molar-refractivity contribution in [1.82, 2.24) is 4.90 Å². The normalized spacial score (nSPS) is 17.3. The molecule has 1 atom stereocenters.